The average Bonchev–Trinajstić information content (AvgIpc) is 3.17. The van der Waals surface area contributed by atoms with Crippen LogP contribution in [0.2, 0.25) is 0 Å². The molecule has 0 aliphatic carbocycles. The molecule has 2 N–H and O–H groups in total. The first-order chi connectivity index (χ1) is 11.7. The van der Waals surface area contributed by atoms with E-state index in [-0.39, 0.29) is 18.3 Å². The van der Waals surface area contributed by atoms with Crippen LogP contribution < -0.4 is 14.8 Å². The third-order valence-corrected chi connectivity index (χ3v) is 4.26. The predicted molar refractivity (Wildman–Crippen MR) is 90.7 cm³/mol. The second-order valence-electron chi connectivity index (χ2n) is 4.88. The topological polar surface area (TPSA) is 102 Å². The lowest BCUT2D eigenvalue weighted by atomic mass is 10.2. The molecule has 24 heavy (non-hydrogen) atoms. The Hall–Kier alpha value is -2.68. The van der Waals surface area contributed by atoms with Crippen LogP contribution >= 0.6 is 11.3 Å². The number of H-pyrrole nitrogens is 1. The maximum absolute atomic E-state index is 12.0. The zero-order valence-electron chi connectivity index (χ0n) is 13.3. The monoisotopic (exact) mass is 347 g/mol. The van der Waals surface area contributed by atoms with Gasteiger partial charge in [-0.1, -0.05) is 5.10 Å². The number of ether oxygens (including phenoxy) is 2. The Morgan fingerprint density at radius 2 is 1.96 bits per heavy atom. The Labute approximate surface area is 142 Å². The highest BCUT2D eigenvalue weighted by Gasteiger charge is 2.13. The number of amides is 1. The van der Waals surface area contributed by atoms with E-state index in [0.717, 1.165) is 20.7 Å². The molecule has 1 amide bonds. The Bertz CT molecular complexity index is 788. The molecule has 0 radical (unpaired) electrons. The molecule has 0 saturated heterocycles. The van der Waals surface area contributed by atoms with Gasteiger partial charge in [-0.05, 0) is 36.6 Å². The van der Waals surface area contributed by atoms with Crippen LogP contribution in [0.15, 0.2) is 18.2 Å². The van der Waals surface area contributed by atoms with Crippen molar-refractivity contribution in [2.45, 2.75) is 20.3 Å². The van der Waals surface area contributed by atoms with Crippen LogP contribution in [0, 0.1) is 0 Å². The summed E-state index contributed by atoms with van der Waals surface area (Å²) in [7, 11) is 0. The molecule has 0 fully saturated rings. The molecule has 0 spiro atoms. The molecule has 3 aromatic rings. The number of benzene rings is 1. The van der Waals surface area contributed by atoms with Crippen LogP contribution in [0.25, 0.3) is 10.1 Å². The normalized spacial score (nSPS) is 10.8. The standard InChI is InChI=1S/C15H17N5O3S/c1-3-22-11-6-9-5-10(24-13(9)8-12(11)23-4-2)7-14(21)16-15-17-19-20-18-15/h5-6,8H,3-4,7H2,1-2H3,(H2,16,17,18,19,20,21). The highest BCUT2D eigenvalue weighted by molar-refractivity contribution is 7.19. The van der Waals surface area contributed by atoms with Crippen molar-refractivity contribution < 1.29 is 14.3 Å². The molecular weight excluding hydrogens is 330 g/mol. The van der Waals surface area contributed by atoms with Gasteiger partial charge in [-0.3, -0.25) is 10.1 Å². The number of carbonyl (C=O) groups is 1. The summed E-state index contributed by atoms with van der Waals surface area (Å²) in [5.41, 5.74) is 0. The fraction of sp³-hybridized carbons (Fsp3) is 0.333. The van der Waals surface area contributed by atoms with Gasteiger partial charge in [0, 0.05) is 15.6 Å². The first kappa shape index (κ1) is 16.2. The minimum Gasteiger partial charge on any atom is -0.490 e. The molecule has 3 rings (SSSR count). The van der Waals surface area contributed by atoms with Crippen LogP contribution in [0.3, 0.4) is 0 Å². The first-order valence-corrected chi connectivity index (χ1v) is 8.36. The lowest BCUT2D eigenvalue weighted by molar-refractivity contribution is -0.115. The Morgan fingerprint density at radius 1 is 1.21 bits per heavy atom. The van der Waals surface area contributed by atoms with Crippen molar-refractivity contribution >= 4 is 33.3 Å². The van der Waals surface area contributed by atoms with Gasteiger partial charge in [0.05, 0.1) is 19.6 Å². The van der Waals surface area contributed by atoms with Gasteiger partial charge in [0.1, 0.15) is 0 Å². The lowest BCUT2D eigenvalue weighted by Gasteiger charge is -2.10. The first-order valence-electron chi connectivity index (χ1n) is 7.55. The fourth-order valence-electron chi connectivity index (χ4n) is 2.27. The molecule has 9 heteroatoms. The zero-order chi connectivity index (χ0) is 16.9. The van der Waals surface area contributed by atoms with E-state index in [9.17, 15) is 4.79 Å². The Kier molecular flexibility index (Phi) is 4.90. The van der Waals surface area contributed by atoms with E-state index >= 15 is 0 Å². The number of hydrogen-bond acceptors (Lipinski definition) is 7. The molecule has 0 unspecified atom stereocenters. The number of tetrazole rings is 1. The number of thiophene rings is 1. The van der Waals surface area contributed by atoms with Gasteiger partial charge in [0.15, 0.2) is 11.5 Å². The molecule has 2 heterocycles. The smallest absolute Gasteiger partial charge is 0.269 e. The molecule has 0 saturated carbocycles. The van der Waals surface area contributed by atoms with Crippen molar-refractivity contribution in [3.8, 4) is 11.5 Å². The summed E-state index contributed by atoms with van der Waals surface area (Å²) in [5.74, 6) is 1.40. The number of nitrogens with one attached hydrogen (secondary N) is 2. The number of carbonyl (C=O) groups excluding carboxylic acids is 1. The van der Waals surface area contributed by atoms with Crippen molar-refractivity contribution in [3.63, 3.8) is 0 Å². The maximum atomic E-state index is 12.0. The summed E-state index contributed by atoms with van der Waals surface area (Å²) in [6.07, 6.45) is 0.238. The summed E-state index contributed by atoms with van der Waals surface area (Å²) >= 11 is 1.54. The quantitative estimate of drug-likeness (QED) is 0.680. The van der Waals surface area contributed by atoms with Crippen molar-refractivity contribution in [1.29, 1.82) is 0 Å². The third kappa shape index (κ3) is 3.62. The van der Waals surface area contributed by atoms with E-state index in [0.29, 0.717) is 19.0 Å². The SMILES string of the molecule is CCOc1cc2cc(CC(=O)Nc3nn[nH]n3)sc2cc1OCC. The van der Waals surface area contributed by atoms with Crippen molar-refractivity contribution in [3.05, 3.63) is 23.1 Å². The van der Waals surface area contributed by atoms with E-state index < -0.39 is 0 Å². The average molecular weight is 347 g/mol. The van der Waals surface area contributed by atoms with Gasteiger partial charge in [-0.2, -0.15) is 5.21 Å². The molecule has 126 valence electrons. The highest BCUT2D eigenvalue weighted by atomic mass is 32.1. The minimum atomic E-state index is -0.196. The molecular formula is C15H17N5O3S. The van der Waals surface area contributed by atoms with Gasteiger partial charge >= 0.3 is 0 Å². The number of rotatable bonds is 7. The van der Waals surface area contributed by atoms with Crippen molar-refractivity contribution in [1.82, 2.24) is 20.6 Å². The zero-order valence-corrected chi connectivity index (χ0v) is 14.1. The second-order valence-corrected chi connectivity index (χ2v) is 6.04. The summed E-state index contributed by atoms with van der Waals surface area (Å²) in [6.45, 7) is 5.00. The van der Waals surface area contributed by atoms with E-state index in [1.165, 1.54) is 0 Å². The van der Waals surface area contributed by atoms with Crippen molar-refractivity contribution in [2.75, 3.05) is 18.5 Å². The largest absolute Gasteiger partial charge is 0.490 e. The molecule has 0 atom stereocenters. The minimum absolute atomic E-state index is 0.165. The fourth-order valence-corrected chi connectivity index (χ4v) is 3.34. The molecule has 8 nitrogen and oxygen atoms in total. The number of hydrogen-bond donors (Lipinski definition) is 2. The number of nitrogens with zero attached hydrogens (tertiary/aromatic N) is 3. The van der Waals surface area contributed by atoms with Gasteiger partial charge < -0.3 is 9.47 Å². The lowest BCUT2D eigenvalue weighted by Crippen LogP contribution is -2.14. The second kappa shape index (κ2) is 7.26. The van der Waals surface area contributed by atoms with Crippen LogP contribution in [0.5, 0.6) is 11.5 Å². The summed E-state index contributed by atoms with van der Waals surface area (Å²) in [5, 5.41) is 16.7. The Balaban J connectivity index is 1.80. The van der Waals surface area contributed by atoms with Gasteiger partial charge in [-0.25, -0.2) is 0 Å². The van der Waals surface area contributed by atoms with E-state index in [2.05, 4.69) is 25.9 Å². The summed E-state index contributed by atoms with van der Waals surface area (Å²) in [4.78, 5) is 13.0. The number of aromatic amines is 1. The number of fused-ring (bicyclic) bond motifs is 1. The molecule has 0 aliphatic heterocycles. The summed E-state index contributed by atoms with van der Waals surface area (Å²) in [6, 6.07) is 5.88. The van der Waals surface area contributed by atoms with Gasteiger partial charge in [-0.15, -0.1) is 16.4 Å². The van der Waals surface area contributed by atoms with Crippen LogP contribution in [-0.2, 0) is 11.2 Å². The number of aromatic nitrogens is 4. The van der Waals surface area contributed by atoms with E-state index in [1.54, 1.807) is 11.3 Å². The van der Waals surface area contributed by atoms with Crippen LogP contribution in [-0.4, -0.2) is 39.7 Å². The molecule has 0 bridgehead atoms. The predicted octanol–water partition coefficient (Wildman–Crippen LogP) is 2.39. The Morgan fingerprint density at radius 3 is 2.62 bits per heavy atom. The van der Waals surface area contributed by atoms with Crippen LogP contribution in [0.4, 0.5) is 5.95 Å². The number of anilines is 1. The van der Waals surface area contributed by atoms with Crippen molar-refractivity contribution in [2.24, 2.45) is 0 Å². The highest BCUT2D eigenvalue weighted by Crippen LogP contribution is 2.37. The van der Waals surface area contributed by atoms with E-state index in [4.69, 9.17) is 9.47 Å². The summed E-state index contributed by atoms with van der Waals surface area (Å²) < 4.78 is 12.3. The molecule has 1 aromatic carbocycles. The van der Waals surface area contributed by atoms with E-state index in [1.807, 2.05) is 32.0 Å². The maximum Gasteiger partial charge on any atom is 0.269 e. The van der Waals surface area contributed by atoms with Crippen LogP contribution in [0.1, 0.15) is 18.7 Å². The van der Waals surface area contributed by atoms with Gasteiger partial charge in [0.25, 0.3) is 5.95 Å². The van der Waals surface area contributed by atoms with Gasteiger partial charge in [0.2, 0.25) is 5.91 Å². The molecule has 2 aromatic heterocycles. The third-order valence-electron chi connectivity index (χ3n) is 3.16. The molecule has 0 aliphatic rings.